The zero-order valence-corrected chi connectivity index (χ0v) is 15.4. The first-order valence-electron chi connectivity index (χ1n) is 9.04. The lowest BCUT2D eigenvalue weighted by atomic mass is 10.0. The molecule has 4 heterocycles. The molecule has 4 rings (SSSR count). The summed E-state index contributed by atoms with van der Waals surface area (Å²) in [6.45, 7) is 6.30. The first kappa shape index (κ1) is 17.2. The molecule has 3 aromatic heterocycles. The first-order valence-corrected chi connectivity index (χ1v) is 9.04. The van der Waals surface area contributed by atoms with Crippen LogP contribution in [-0.4, -0.2) is 39.6 Å². The van der Waals surface area contributed by atoms with Crippen molar-refractivity contribution in [3.63, 3.8) is 0 Å². The molecule has 7 heteroatoms. The van der Waals surface area contributed by atoms with Gasteiger partial charge in [-0.1, -0.05) is 6.92 Å². The van der Waals surface area contributed by atoms with Crippen molar-refractivity contribution in [3.8, 4) is 17.0 Å². The third kappa shape index (κ3) is 3.81. The Bertz CT molecular complexity index is 928. The Morgan fingerprint density at radius 2 is 2.11 bits per heavy atom. The predicted molar refractivity (Wildman–Crippen MR) is 105 cm³/mol. The quantitative estimate of drug-likeness (QED) is 0.720. The molecule has 2 N–H and O–H groups in total. The number of fused-ring (bicyclic) bond motifs is 1. The number of nitrogens with zero attached hydrogens (tertiary/aromatic N) is 4. The first-order chi connectivity index (χ1) is 13.2. The van der Waals surface area contributed by atoms with Crippen molar-refractivity contribution in [1.29, 1.82) is 0 Å². The molecule has 27 heavy (non-hydrogen) atoms. The smallest absolute Gasteiger partial charge is 0.149 e. The van der Waals surface area contributed by atoms with Crippen LogP contribution < -0.4 is 15.4 Å². The minimum atomic E-state index is 0.215. The number of hydrogen-bond acceptors (Lipinski definition) is 7. The highest BCUT2D eigenvalue weighted by atomic mass is 16.5. The number of rotatable bonds is 5. The molecule has 3 aromatic rings. The summed E-state index contributed by atoms with van der Waals surface area (Å²) in [6, 6.07) is 5.94. The summed E-state index contributed by atoms with van der Waals surface area (Å²) in [5.41, 5.74) is 4.85. The van der Waals surface area contributed by atoms with Crippen molar-refractivity contribution in [2.24, 2.45) is 0 Å². The molecule has 0 saturated heterocycles. The molecule has 0 amide bonds. The number of pyridine rings is 2. The third-order valence-corrected chi connectivity index (χ3v) is 4.58. The maximum atomic E-state index is 5.85. The second-order valence-corrected chi connectivity index (χ2v) is 6.64. The van der Waals surface area contributed by atoms with Gasteiger partial charge >= 0.3 is 0 Å². The molecule has 0 unspecified atom stereocenters. The van der Waals surface area contributed by atoms with Gasteiger partial charge in [-0.25, -0.2) is 9.97 Å². The van der Waals surface area contributed by atoms with Gasteiger partial charge < -0.3 is 15.4 Å². The van der Waals surface area contributed by atoms with Gasteiger partial charge in [0.1, 0.15) is 24.5 Å². The van der Waals surface area contributed by atoms with Crippen LogP contribution in [0.15, 0.2) is 43.1 Å². The van der Waals surface area contributed by atoms with E-state index in [1.165, 1.54) is 0 Å². The number of aryl methyl sites for hydroxylation is 1. The molecule has 0 saturated carbocycles. The average molecular weight is 362 g/mol. The van der Waals surface area contributed by atoms with Crippen molar-refractivity contribution in [2.75, 3.05) is 30.3 Å². The van der Waals surface area contributed by atoms with E-state index in [0.717, 1.165) is 46.3 Å². The molecule has 1 aliphatic rings. The lowest BCUT2D eigenvalue weighted by Gasteiger charge is -2.24. The molecule has 0 spiro atoms. The number of nitrogens with one attached hydrogen (secondary N) is 2. The summed E-state index contributed by atoms with van der Waals surface area (Å²) in [5, 5.41) is 6.72. The predicted octanol–water partition coefficient (Wildman–Crippen LogP) is 3.26. The minimum absolute atomic E-state index is 0.215. The summed E-state index contributed by atoms with van der Waals surface area (Å²) in [7, 11) is 0. The molecular formula is C20H22N6O. The van der Waals surface area contributed by atoms with E-state index >= 15 is 0 Å². The second-order valence-electron chi connectivity index (χ2n) is 6.64. The van der Waals surface area contributed by atoms with Crippen molar-refractivity contribution in [3.05, 3.63) is 54.4 Å². The van der Waals surface area contributed by atoms with E-state index in [-0.39, 0.29) is 5.92 Å². The molecule has 7 nitrogen and oxygen atoms in total. The fourth-order valence-corrected chi connectivity index (χ4v) is 3.04. The van der Waals surface area contributed by atoms with E-state index in [9.17, 15) is 0 Å². The van der Waals surface area contributed by atoms with Gasteiger partial charge in [0, 0.05) is 54.3 Å². The van der Waals surface area contributed by atoms with Crippen LogP contribution in [0.3, 0.4) is 0 Å². The molecule has 1 aliphatic heterocycles. The minimum Gasteiger partial charge on any atom is -0.489 e. The van der Waals surface area contributed by atoms with Crippen LogP contribution in [0.25, 0.3) is 11.3 Å². The molecule has 138 valence electrons. The van der Waals surface area contributed by atoms with E-state index < -0.39 is 0 Å². The Morgan fingerprint density at radius 1 is 1.19 bits per heavy atom. The molecule has 0 fully saturated rings. The lowest BCUT2D eigenvalue weighted by Crippen LogP contribution is -2.21. The van der Waals surface area contributed by atoms with Crippen LogP contribution in [0, 0.1) is 6.92 Å². The molecule has 0 bridgehead atoms. The van der Waals surface area contributed by atoms with E-state index in [0.29, 0.717) is 13.2 Å². The zero-order valence-electron chi connectivity index (χ0n) is 15.4. The number of hydrogen-bond donors (Lipinski definition) is 2. The van der Waals surface area contributed by atoms with E-state index in [2.05, 4.69) is 37.5 Å². The van der Waals surface area contributed by atoms with Gasteiger partial charge in [0.05, 0.1) is 17.6 Å². The average Bonchev–Trinajstić information content (AvgIpc) is 2.72. The Morgan fingerprint density at radius 3 is 2.96 bits per heavy atom. The van der Waals surface area contributed by atoms with Gasteiger partial charge in [-0.05, 0) is 19.1 Å². The van der Waals surface area contributed by atoms with Gasteiger partial charge in [-0.15, -0.1) is 0 Å². The number of aromatic nitrogens is 4. The van der Waals surface area contributed by atoms with Crippen LogP contribution in [0.5, 0.6) is 5.75 Å². The lowest BCUT2D eigenvalue weighted by molar-refractivity contribution is 0.318. The van der Waals surface area contributed by atoms with E-state index in [1.54, 1.807) is 6.33 Å². The van der Waals surface area contributed by atoms with Crippen molar-refractivity contribution < 1.29 is 4.74 Å². The van der Waals surface area contributed by atoms with Crippen molar-refractivity contribution in [2.45, 2.75) is 19.8 Å². The van der Waals surface area contributed by atoms with Crippen LogP contribution in [-0.2, 0) is 0 Å². The highest BCUT2D eigenvalue weighted by molar-refractivity contribution is 5.62. The van der Waals surface area contributed by atoms with Gasteiger partial charge in [-0.3, -0.25) is 9.97 Å². The van der Waals surface area contributed by atoms with Crippen LogP contribution in [0.2, 0.25) is 0 Å². The molecule has 0 radical (unpaired) electrons. The Kier molecular flexibility index (Phi) is 4.82. The molecule has 1 atom stereocenters. The Hall–Kier alpha value is -3.22. The molecule has 0 aromatic carbocycles. The van der Waals surface area contributed by atoms with Gasteiger partial charge in [0.15, 0.2) is 0 Å². The fourth-order valence-electron chi connectivity index (χ4n) is 3.04. The largest absolute Gasteiger partial charge is 0.489 e. The molecular weight excluding hydrogens is 340 g/mol. The summed E-state index contributed by atoms with van der Waals surface area (Å²) >= 11 is 0. The summed E-state index contributed by atoms with van der Waals surface area (Å²) < 4.78 is 5.85. The SMILES string of the molecule is Cc1ccc(-c2cc(NC[C@@H](C)c3cncc4c3OCCN4)ncn2)cn1. The highest BCUT2D eigenvalue weighted by Crippen LogP contribution is 2.34. The third-order valence-electron chi connectivity index (χ3n) is 4.58. The van der Waals surface area contributed by atoms with Crippen LogP contribution in [0.4, 0.5) is 11.5 Å². The fraction of sp³-hybridized carbons (Fsp3) is 0.300. The normalized spacial score (nSPS) is 13.9. The summed E-state index contributed by atoms with van der Waals surface area (Å²) in [5.74, 6) is 1.90. The second kappa shape index (κ2) is 7.57. The van der Waals surface area contributed by atoms with Gasteiger partial charge in [0.25, 0.3) is 0 Å². The highest BCUT2D eigenvalue weighted by Gasteiger charge is 2.19. The monoisotopic (exact) mass is 362 g/mol. The number of anilines is 2. The Labute approximate surface area is 158 Å². The summed E-state index contributed by atoms with van der Waals surface area (Å²) in [4.78, 5) is 17.4. The number of ether oxygens (including phenoxy) is 1. The van der Waals surface area contributed by atoms with Crippen molar-refractivity contribution in [1.82, 2.24) is 19.9 Å². The zero-order chi connectivity index (χ0) is 18.6. The van der Waals surface area contributed by atoms with Gasteiger partial charge in [0.2, 0.25) is 0 Å². The standard InChI is InChI=1S/C20H22N6O/c1-13(16-10-21-11-18-20(16)27-6-5-22-18)8-24-19-7-17(25-12-26-19)15-4-3-14(2)23-9-15/h3-4,7,9-13,22H,5-6,8H2,1-2H3,(H,24,25,26)/t13-/m1/s1. The maximum absolute atomic E-state index is 5.85. The van der Waals surface area contributed by atoms with E-state index in [4.69, 9.17) is 4.74 Å². The Balaban J connectivity index is 1.48. The van der Waals surface area contributed by atoms with Crippen LogP contribution >= 0.6 is 0 Å². The summed E-state index contributed by atoms with van der Waals surface area (Å²) in [6.07, 6.45) is 7.09. The molecule has 0 aliphatic carbocycles. The van der Waals surface area contributed by atoms with Crippen molar-refractivity contribution >= 4 is 11.5 Å². The van der Waals surface area contributed by atoms with Crippen LogP contribution in [0.1, 0.15) is 24.1 Å². The topological polar surface area (TPSA) is 84.9 Å². The maximum Gasteiger partial charge on any atom is 0.149 e. The van der Waals surface area contributed by atoms with Gasteiger partial charge in [-0.2, -0.15) is 0 Å². The van der Waals surface area contributed by atoms with E-state index in [1.807, 2.05) is 43.7 Å².